The third-order valence-electron chi connectivity index (χ3n) is 4.41. The molecule has 3 rings (SSSR count). The van der Waals surface area contributed by atoms with Gasteiger partial charge in [-0.1, -0.05) is 31.4 Å². The molecule has 0 spiro atoms. The molecule has 1 fully saturated rings. The molecule has 1 N–H and O–H groups in total. The van der Waals surface area contributed by atoms with Crippen molar-refractivity contribution < 1.29 is 5.11 Å². The number of fused-ring (bicyclic) bond motifs is 1. The minimum atomic E-state index is -0.239. The maximum absolute atomic E-state index is 10.5. The monoisotopic (exact) mass is 258 g/mol. The predicted molar refractivity (Wildman–Crippen MR) is 77.1 cm³/mol. The van der Waals surface area contributed by atoms with Gasteiger partial charge in [0.25, 0.3) is 0 Å². The molecule has 1 saturated carbocycles. The number of aromatic nitrogens is 2. The number of nitrogens with zero attached hydrogens (tertiary/aromatic N) is 2. The van der Waals surface area contributed by atoms with E-state index in [0.717, 1.165) is 16.9 Å². The highest BCUT2D eigenvalue weighted by Crippen LogP contribution is 2.28. The first kappa shape index (κ1) is 12.7. The lowest BCUT2D eigenvalue weighted by molar-refractivity contribution is 0.0700. The van der Waals surface area contributed by atoms with Gasteiger partial charge in [0.05, 0.1) is 23.7 Å². The van der Waals surface area contributed by atoms with Crippen LogP contribution in [0.5, 0.6) is 0 Å². The minimum absolute atomic E-state index is 0.239. The summed E-state index contributed by atoms with van der Waals surface area (Å²) >= 11 is 0. The Balaban J connectivity index is 1.82. The minimum Gasteiger partial charge on any atom is -0.391 e. The zero-order valence-corrected chi connectivity index (χ0v) is 11.5. The molecule has 1 aliphatic rings. The molecule has 1 heterocycles. The summed E-state index contributed by atoms with van der Waals surface area (Å²) in [4.78, 5) is 4.56. The smallest absolute Gasteiger partial charge is 0.106 e. The summed E-state index contributed by atoms with van der Waals surface area (Å²) in [5.74, 6) is 1.46. The highest BCUT2D eigenvalue weighted by Gasteiger charge is 2.23. The fourth-order valence-electron chi connectivity index (χ4n) is 3.28. The van der Waals surface area contributed by atoms with Gasteiger partial charge in [0.15, 0.2) is 0 Å². The Labute approximate surface area is 114 Å². The molecule has 2 aromatic rings. The van der Waals surface area contributed by atoms with E-state index in [9.17, 15) is 5.11 Å². The quantitative estimate of drug-likeness (QED) is 0.917. The van der Waals surface area contributed by atoms with Gasteiger partial charge in [-0.25, -0.2) is 4.98 Å². The van der Waals surface area contributed by atoms with Gasteiger partial charge in [-0.2, -0.15) is 0 Å². The normalized spacial score (nSPS) is 18.8. The lowest BCUT2D eigenvalue weighted by Crippen LogP contribution is -2.27. The highest BCUT2D eigenvalue weighted by atomic mass is 16.3. The van der Waals surface area contributed by atoms with Crippen LogP contribution in [0.4, 0.5) is 0 Å². The molecular formula is C16H22N2O. The second-order valence-corrected chi connectivity index (χ2v) is 5.72. The van der Waals surface area contributed by atoms with Crippen LogP contribution in [-0.2, 0) is 6.54 Å². The molecule has 3 heteroatoms. The molecule has 0 aliphatic heterocycles. The summed E-state index contributed by atoms with van der Waals surface area (Å²) in [6, 6.07) is 8.17. The number of rotatable bonds is 3. The number of aliphatic hydroxyl groups is 1. The Morgan fingerprint density at radius 1 is 1.26 bits per heavy atom. The fraction of sp³-hybridized carbons (Fsp3) is 0.562. The Hall–Kier alpha value is -1.35. The van der Waals surface area contributed by atoms with Crippen LogP contribution in [0.15, 0.2) is 24.3 Å². The van der Waals surface area contributed by atoms with Crippen LogP contribution in [0.2, 0.25) is 0 Å². The third-order valence-corrected chi connectivity index (χ3v) is 4.41. The number of aliphatic hydroxyl groups excluding tert-OH is 1. The number of aryl methyl sites for hydroxylation is 1. The van der Waals surface area contributed by atoms with E-state index in [1.807, 2.05) is 25.1 Å². The van der Waals surface area contributed by atoms with Crippen LogP contribution in [0.25, 0.3) is 11.0 Å². The van der Waals surface area contributed by atoms with Gasteiger partial charge >= 0.3 is 0 Å². The second-order valence-electron chi connectivity index (χ2n) is 5.72. The summed E-state index contributed by atoms with van der Waals surface area (Å²) in [6.45, 7) is 2.70. The van der Waals surface area contributed by atoms with E-state index in [-0.39, 0.29) is 6.10 Å². The van der Waals surface area contributed by atoms with Gasteiger partial charge in [0.1, 0.15) is 5.82 Å². The van der Waals surface area contributed by atoms with Crippen molar-refractivity contribution in [2.45, 2.75) is 51.7 Å². The van der Waals surface area contributed by atoms with Crippen molar-refractivity contribution in [2.24, 2.45) is 5.92 Å². The van der Waals surface area contributed by atoms with Gasteiger partial charge in [0, 0.05) is 0 Å². The number of hydrogen-bond donors (Lipinski definition) is 1. The summed E-state index contributed by atoms with van der Waals surface area (Å²) in [7, 11) is 0. The molecule has 0 saturated heterocycles. The summed E-state index contributed by atoms with van der Waals surface area (Å²) in [5.41, 5.74) is 2.16. The average molecular weight is 258 g/mol. The van der Waals surface area contributed by atoms with Gasteiger partial charge in [0.2, 0.25) is 0 Å². The van der Waals surface area contributed by atoms with E-state index in [1.54, 1.807) is 0 Å². The van der Waals surface area contributed by atoms with E-state index in [1.165, 1.54) is 32.1 Å². The molecule has 0 bridgehead atoms. The molecule has 19 heavy (non-hydrogen) atoms. The van der Waals surface area contributed by atoms with Gasteiger partial charge in [-0.15, -0.1) is 0 Å². The van der Waals surface area contributed by atoms with Crippen molar-refractivity contribution in [3.8, 4) is 0 Å². The molecule has 1 aliphatic carbocycles. The third kappa shape index (κ3) is 2.52. The summed E-state index contributed by atoms with van der Waals surface area (Å²) in [5, 5.41) is 10.5. The van der Waals surface area contributed by atoms with Crippen LogP contribution in [-0.4, -0.2) is 20.8 Å². The van der Waals surface area contributed by atoms with E-state index in [4.69, 9.17) is 0 Å². The van der Waals surface area contributed by atoms with Crippen LogP contribution in [0.1, 0.15) is 37.9 Å². The van der Waals surface area contributed by atoms with E-state index in [2.05, 4.69) is 15.6 Å². The van der Waals surface area contributed by atoms with Crippen molar-refractivity contribution in [3.05, 3.63) is 30.1 Å². The lowest BCUT2D eigenvalue weighted by atomic mass is 9.85. The molecular weight excluding hydrogens is 236 g/mol. The van der Waals surface area contributed by atoms with Gasteiger partial charge in [-0.05, 0) is 37.8 Å². The average Bonchev–Trinajstić information content (AvgIpc) is 2.76. The van der Waals surface area contributed by atoms with E-state index in [0.29, 0.717) is 12.5 Å². The molecule has 1 aromatic heterocycles. The molecule has 1 aromatic carbocycles. The van der Waals surface area contributed by atoms with E-state index < -0.39 is 0 Å². The first-order valence-electron chi connectivity index (χ1n) is 7.35. The van der Waals surface area contributed by atoms with Crippen molar-refractivity contribution in [1.82, 2.24) is 9.55 Å². The SMILES string of the molecule is Cc1nc2ccccc2n1CC(O)C1CCCCC1. The Morgan fingerprint density at radius 3 is 2.79 bits per heavy atom. The van der Waals surface area contributed by atoms with Crippen LogP contribution in [0, 0.1) is 12.8 Å². The number of imidazole rings is 1. The van der Waals surface area contributed by atoms with Crippen LogP contribution >= 0.6 is 0 Å². The molecule has 0 amide bonds. The Bertz CT molecular complexity index is 555. The maximum Gasteiger partial charge on any atom is 0.106 e. The van der Waals surface area contributed by atoms with Crippen molar-refractivity contribution in [3.63, 3.8) is 0 Å². The maximum atomic E-state index is 10.5. The molecule has 102 valence electrons. The number of hydrogen-bond acceptors (Lipinski definition) is 2. The Morgan fingerprint density at radius 2 is 2.00 bits per heavy atom. The van der Waals surface area contributed by atoms with E-state index >= 15 is 0 Å². The lowest BCUT2D eigenvalue weighted by Gasteiger charge is -2.27. The first-order chi connectivity index (χ1) is 9.25. The zero-order valence-electron chi connectivity index (χ0n) is 11.5. The Kier molecular flexibility index (Phi) is 3.56. The fourth-order valence-corrected chi connectivity index (χ4v) is 3.28. The summed E-state index contributed by atoms with van der Waals surface area (Å²) in [6.07, 6.45) is 5.98. The highest BCUT2D eigenvalue weighted by molar-refractivity contribution is 5.75. The van der Waals surface area contributed by atoms with Crippen LogP contribution < -0.4 is 0 Å². The second kappa shape index (κ2) is 5.33. The van der Waals surface area contributed by atoms with Gasteiger partial charge in [-0.3, -0.25) is 0 Å². The van der Waals surface area contributed by atoms with Crippen molar-refractivity contribution >= 4 is 11.0 Å². The topological polar surface area (TPSA) is 38.0 Å². The molecule has 1 atom stereocenters. The molecule has 0 radical (unpaired) electrons. The first-order valence-corrected chi connectivity index (χ1v) is 7.35. The van der Waals surface area contributed by atoms with Crippen molar-refractivity contribution in [2.75, 3.05) is 0 Å². The predicted octanol–water partition coefficient (Wildman–Crippen LogP) is 3.29. The molecule has 1 unspecified atom stereocenters. The summed E-state index contributed by atoms with van der Waals surface area (Å²) < 4.78 is 2.16. The number of para-hydroxylation sites is 2. The largest absolute Gasteiger partial charge is 0.391 e. The molecule has 3 nitrogen and oxygen atoms in total. The van der Waals surface area contributed by atoms with Gasteiger partial charge < -0.3 is 9.67 Å². The zero-order chi connectivity index (χ0) is 13.2. The number of benzene rings is 1. The van der Waals surface area contributed by atoms with Crippen molar-refractivity contribution in [1.29, 1.82) is 0 Å². The standard InChI is InChI=1S/C16H22N2O/c1-12-17-14-9-5-6-10-15(14)18(12)11-16(19)13-7-3-2-4-8-13/h5-6,9-10,13,16,19H,2-4,7-8,11H2,1H3. The van der Waals surface area contributed by atoms with Crippen LogP contribution in [0.3, 0.4) is 0 Å².